The molecule has 1 fully saturated rings. The predicted molar refractivity (Wildman–Crippen MR) is 120 cm³/mol. The molecule has 2 heterocycles. The van der Waals surface area contributed by atoms with Gasteiger partial charge in [0.15, 0.2) is 5.96 Å². The quantitative estimate of drug-likeness (QED) is 0.415. The Morgan fingerprint density at radius 2 is 1.81 bits per heavy atom. The molecule has 3 rings (SSSR count). The third-order valence-corrected chi connectivity index (χ3v) is 5.43. The first-order valence-electron chi connectivity index (χ1n) is 9.70. The van der Waals surface area contributed by atoms with Crippen molar-refractivity contribution in [3.05, 3.63) is 35.4 Å². The molecule has 0 radical (unpaired) electrons. The number of aliphatic imine (C=N–C) groups is 1. The zero-order valence-electron chi connectivity index (χ0n) is 16.4. The van der Waals surface area contributed by atoms with E-state index in [1.54, 1.807) is 0 Å². The Morgan fingerprint density at radius 3 is 2.50 bits per heavy atom. The van der Waals surface area contributed by atoms with E-state index in [0.717, 1.165) is 64.7 Å². The molecule has 6 heteroatoms. The fraction of sp³-hybridized carbons (Fsp3) is 0.650. The molecule has 0 amide bonds. The lowest BCUT2D eigenvalue weighted by atomic mass is 10.0. The predicted octanol–water partition coefficient (Wildman–Crippen LogP) is 2.26. The number of fused-ring (bicyclic) bond motifs is 1. The number of hydrogen-bond donors (Lipinski definition) is 1. The van der Waals surface area contributed by atoms with E-state index >= 15 is 0 Å². The van der Waals surface area contributed by atoms with E-state index in [-0.39, 0.29) is 24.0 Å². The number of guanidine groups is 1. The van der Waals surface area contributed by atoms with Gasteiger partial charge in [-0.2, -0.15) is 0 Å². The highest BCUT2D eigenvalue weighted by Crippen LogP contribution is 2.18. The van der Waals surface area contributed by atoms with Crippen LogP contribution in [0.2, 0.25) is 0 Å². The zero-order valence-corrected chi connectivity index (χ0v) is 18.8. The second kappa shape index (κ2) is 10.5. The van der Waals surface area contributed by atoms with Gasteiger partial charge in [0.2, 0.25) is 0 Å². The number of rotatable bonds is 4. The zero-order chi connectivity index (χ0) is 17.6. The molecule has 2 aliphatic heterocycles. The van der Waals surface area contributed by atoms with E-state index in [0.29, 0.717) is 6.04 Å². The molecule has 1 unspecified atom stereocenters. The second-order valence-corrected chi connectivity index (χ2v) is 7.32. The topological polar surface area (TPSA) is 34.1 Å². The summed E-state index contributed by atoms with van der Waals surface area (Å²) in [4.78, 5) is 12.4. The first kappa shape index (κ1) is 21.4. The van der Waals surface area contributed by atoms with Crippen LogP contribution in [0.4, 0.5) is 0 Å². The lowest BCUT2D eigenvalue weighted by Gasteiger charge is -2.36. The molecule has 2 aliphatic rings. The molecule has 1 N–H and O–H groups in total. The van der Waals surface area contributed by atoms with Crippen LogP contribution in [0.5, 0.6) is 0 Å². The van der Waals surface area contributed by atoms with Crippen molar-refractivity contribution in [2.45, 2.75) is 32.9 Å². The largest absolute Gasteiger partial charge is 0.357 e. The number of piperazine rings is 1. The van der Waals surface area contributed by atoms with E-state index in [2.05, 4.69) is 65.2 Å². The standard InChI is InChI=1S/C20H33N5.HI/c1-4-21-20(22-15-17(2)24-13-11-23(3)12-14-24)25-10-9-18-7-5-6-8-19(18)16-25;/h5-8,17H,4,9-16H2,1-3H3,(H,21,22);1H. The summed E-state index contributed by atoms with van der Waals surface area (Å²) in [6, 6.07) is 9.29. The number of nitrogens with one attached hydrogen (secondary N) is 1. The fourth-order valence-electron chi connectivity index (χ4n) is 3.70. The highest BCUT2D eigenvalue weighted by molar-refractivity contribution is 14.0. The summed E-state index contributed by atoms with van der Waals surface area (Å²) < 4.78 is 0. The number of hydrogen-bond acceptors (Lipinski definition) is 3. The van der Waals surface area contributed by atoms with Crippen molar-refractivity contribution in [1.82, 2.24) is 20.0 Å². The molecule has 0 aromatic heterocycles. The Labute approximate surface area is 175 Å². The normalized spacial score (nSPS) is 20.3. The Bertz CT molecular complexity index is 583. The maximum atomic E-state index is 4.98. The molecule has 5 nitrogen and oxygen atoms in total. The average molecular weight is 471 g/mol. The van der Waals surface area contributed by atoms with Crippen molar-refractivity contribution in [3.8, 4) is 0 Å². The van der Waals surface area contributed by atoms with Gasteiger partial charge in [-0.05, 0) is 38.4 Å². The molecule has 1 saturated heterocycles. The van der Waals surface area contributed by atoms with Crippen LogP contribution in [0.3, 0.4) is 0 Å². The minimum absolute atomic E-state index is 0. The van der Waals surface area contributed by atoms with Crippen LogP contribution < -0.4 is 5.32 Å². The van der Waals surface area contributed by atoms with Crippen LogP contribution in [0.1, 0.15) is 25.0 Å². The maximum Gasteiger partial charge on any atom is 0.194 e. The Kier molecular flexibility index (Phi) is 8.63. The molecule has 26 heavy (non-hydrogen) atoms. The molecular weight excluding hydrogens is 437 g/mol. The smallest absolute Gasteiger partial charge is 0.194 e. The number of nitrogens with zero attached hydrogens (tertiary/aromatic N) is 4. The molecule has 0 spiro atoms. The lowest BCUT2D eigenvalue weighted by Crippen LogP contribution is -2.49. The van der Waals surface area contributed by atoms with Gasteiger partial charge in [0.1, 0.15) is 0 Å². The van der Waals surface area contributed by atoms with Crippen LogP contribution in [-0.2, 0) is 13.0 Å². The van der Waals surface area contributed by atoms with Gasteiger partial charge in [0, 0.05) is 51.9 Å². The van der Waals surface area contributed by atoms with Gasteiger partial charge in [0.05, 0.1) is 6.54 Å². The third kappa shape index (κ3) is 5.57. The molecule has 0 bridgehead atoms. The second-order valence-electron chi connectivity index (χ2n) is 7.32. The van der Waals surface area contributed by atoms with E-state index in [4.69, 9.17) is 4.99 Å². The summed E-state index contributed by atoms with van der Waals surface area (Å²) in [6.07, 6.45) is 1.11. The third-order valence-electron chi connectivity index (χ3n) is 5.43. The molecule has 1 atom stereocenters. The van der Waals surface area contributed by atoms with Crippen molar-refractivity contribution in [1.29, 1.82) is 0 Å². The van der Waals surface area contributed by atoms with Crippen LogP contribution in [0.15, 0.2) is 29.3 Å². The lowest BCUT2D eigenvalue weighted by molar-refractivity contribution is 0.122. The summed E-state index contributed by atoms with van der Waals surface area (Å²) in [7, 11) is 2.21. The van der Waals surface area contributed by atoms with Gasteiger partial charge >= 0.3 is 0 Å². The number of halogens is 1. The Morgan fingerprint density at radius 1 is 1.12 bits per heavy atom. The Balaban J connectivity index is 0.00000243. The monoisotopic (exact) mass is 471 g/mol. The van der Waals surface area contributed by atoms with Gasteiger partial charge in [-0.25, -0.2) is 0 Å². The SMILES string of the molecule is CCNC(=NCC(C)N1CCN(C)CC1)N1CCc2ccccc2C1.I. The highest BCUT2D eigenvalue weighted by Gasteiger charge is 2.21. The van der Waals surface area contributed by atoms with Gasteiger partial charge in [-0.1, -0.05) is 24.3 Å². The first-order valence-corrected chi connectivity index (χ1v) is 9.70. The van der Waals surface area contributed by atoms with Crippen LogP contribution >= 0.6 is 24.0 Å². The van der Waals surface area contributed by atoms with Crippen LogP contribution in [0.25, 0.3) is 0 Å². The summed E-state index contributed by atoms with van der Waals surface area (Å²) in [6.45, 7) is 12.9. The van der Waals surface area contributed by atoms with E-state index < -0.39 is 0 Å². The Hall–Kier alpha value is -0.860. The van der Waals surface area contributed by atoms with Gasteiger partial charge in [0.25, 0.3) is 0 Å². The van der Waals surface area contributed by atoms with Gasteiger partial charge in [-0.15, -0.1) is 24.0 Å². The van der Waals surface area contributed by atoms with E-state index in [1.165, 1.54) is 11.1 Å². The summed E-state index contributed by atoms with van der Waals surface area (Å²) in [5.41, 5.74) is 2.92. The summed E-state index contributed by atoms with van der Waals surface area (Å²) >= 11 is 0. The van der Waals surface area contributed by atoms with E-state index in [1.807, 2.05) is 0 Å². The summed E-state index contributed by atoms with van der Waals surface area (Å²) in [5.74, 6) is 1.07. The maximum absolute atomic E-state index is 4.98. The highest BCUT2D eigenvalue weighted by atomic mass is 127. The summed E-state index contributed by atoms with van der Waals surface area (Å²) in [5, 5.41) is 3.50. The van der Waals surface area contributed by atoms with Crippen molar-refractivity contribution >= 4 is 29.9 Å². The molecular formula is C20H34IN5. The minimum Gasteiger partial charge on any atom is -0.357 e. The van der Waals surface area contributed by atoms with Gasteiger partial charge in [-0.3, -0.25) is 9.89 Å². The van der Waals surface area contributed by atoms with Crippen molar-refractivity contribution in [3.63, 3.8) is 0 Å². The molecule has 1 aromatic rings. The van der Waals surface area contributed by atoms with E-state index in [9.17, 15) is 0 Å². The van der Waals surface area contributed by atoms with Crippen molar-refractivity contribution in [2.24, 2.45) is 4.99 Å². The molecule has 0 aliphatic carbocycles. The molecule has 146 valence electrons. The number of likely N-dealkylation sites (N-methyl/N-ethyl adjacent to an activating group) is 1. The fourth-order valence-corrected chi connectivity index (χ4v) is 3.70. The molecule has 0 saturated carbocycles. The van der Waals surface area contributed by atoms with Crippen LogP contribution in [-0.4, -0.2) is 79.6 Å². The minimum atomic E-state index is 0. The molecule has 1 aromatic carbocycles. The van der Waals surface area contributed by atoms with Gasteiger partial charge < -0.3 is 15.1 Å². The number of benzene rings is 1. The van der Waals surface area contributed by atoms with Crippen LogP contribution in [0, 0.1) is 0 Å². The van der Waals surface area contributed by atoms with Crippen molar-refractivity contribution in [2.75, 3.05) is 52.9 Å². The first-order chi connectivity index (χ1) is 12.2. The average Bonchev–Trinajstić information content (AvgIpc) is 2.65. The van der Waals surface area contributed by atoms with Crippen molar-refractivity contribution < 1.29 is 0 Å².